The molecule has 0 unspecified atom stereocenters. The van der Waals surface area contributed by atoms with Crippen LogP contribution >= 0.6 is 0 Å². The summed E-state index contributed by atoms with van der Waals surface area (Å²) < 4.78 is 40.2. The Kier molecular flexibility index (Phi) is 3.69. The fraction of sp³-hybridized carbons (Fsp3) is 0.167. The highest BCUT2D eigenvalue weighted by Gasteiger charge is 2.28. The standard InChI is InChI=1S/C12H12FN3O4S/c1-6-8(13)4-3-5-9(6)16-21(19,20)11-7(2)14-15-10(11)12(17)18/h3-5,16H,1-2H3,(H,14,15)(H,17,18). The molecule has 2 rings (SSSR count). The number of aryl methyl sites for hydroxylation is 1. The Morgan fingerprint density at radius 1 is 1.38 bits per heavy atom. The van der Waals surface area contributed by atoms with E-state index in [4.69, 9.17) is 5.11 Å². The zero-order chi connectivity index (χ0) is 15.8. The number of sulfonamides is 1. The van der Waals surface area contributed by atoms with Gasteiger partial charge in [-0.1, -0.05) is 6.07 Å². The normalized spacial score (nSPS) is 11.4. The molecule has 1 aromatic carbocycles. The molecule has 3 N–H and O–H groups in total. The first-order valence-electron chi connectivity index (χ1n) is 5.80. The lowest BCUT2D eigenvalue weighted by molar-refractivity contribution is 0.0686. The Morgan fingerprint density at radius 3 is 2.67 bits per heavy atom. The van der Waals surface area contributed by atoms with Crippen molar-refractivity contribution in [2.24, 2.45) is 0 Å². The van der Waals surface area contributed by atoms with Gasteiger partial charge < -0.3 is 5.11 Å². The lowest BCUT2D eigenvalue weighted by Gasteiger charge is -2.11. The van der Waals surface area contributed by atoms with Crippen LogP contribution in [0.5, 0.6) is 0 Å². The van der Waals surface area contributed by atoms with Crippen LogP contribution in [0.25, 0.3) is 0 Å². The van der Waals surface area contributed by atoms with Crippen molar-refractivity contribution in [3.05, 3.63) is 41.0 Å². The van der Waals surface area contributed by atoms with Crippen LogP contribution in [0.3, 0.4) is 0 Å². The lowest BCUT2D eigenvalue weighted by atomic mass is 10.2. The predicted octanol–water partition coefficient (Wildman–Crippen LogP) is 1.66. The number of carboxylic acid groups (broad SMARTS) is 1. The molecular weight excluding hydrogens is 301 g/mol. The first-order chi connectivity index (χ1) is 9.74. The van der Waals surface area contributed by atoms with Gasteiger partial charge in [0, 0.05) is 5.56 Å². The van der Waals surface area contributed by atoms with Crippen molar-refractivity contribution in [1.29, 1.82) is 0 Å². The number of rotatable bonds is 4. The molecule has 0 spiro atoms. The number of H-pyrrole nitrogens is 1. The molecule has 0 aliphatic heterocycles. The summed E-state index contributed by atoms with van der Waals surface area (Å²) in [6, 6.07) is 3.92. The minimum Gasteiger partial charge on any atom is -0.476 e. The third-order valence-corrected chi connectivity index (χ3v) is 4.40. The summed E-state index contributed by atoms with van der Waals surface area (Å²) in [5, 5.41) is 14.7. The highest BCUT2D eigenvalue weighted by atomic mass is 32.2. The van der Waals surface area contributed by atoms with Gasteiger partial charge in [-0.25, -0.2) is 17.6 Å². The van der Waals surface area contributed by atoms with Crippen LogP contribution in [0.2, 0.25) is 0 Å². The molecule has 0 fully saturated rings. The summed E-state index contributed by atoms with van der Waals surface area (Å²) >= 11 is 0. The summed E-state index contributed by atoms with van der Waals surface area (Å²) in [4.78, 5) is 10.5. The van der Waals surface area contributed by atoms with Gasteiger partial charge in [-0.3, -0.25) is 9.82 Å². The fourth-order valence-corrected chi connectivity index (χ4v) is 3.26. The first kappa shape index (κ1) is 15.0. The SMILES string of the molecule is Cc1[nH]nc(C(=O)O)c1S(=O)(=O)Nc1cccc(F)c1C. The second kappa shape index (κ2) is 5.17. The molecule has 1 heterocycles. The molecule has 0 amide bonds. The number of aromatic nitrogens is 2. The number of anilines is 1. The van der Waals surface area contributed by atoms with Crippen LogP contribution in [0.1, 0.15) is 21.7 Å². The Bertz CT molecular complexity index is 814. The van der Waals surface area contributed by atoms with E-state index in [0.717, 1.165) is 0 Å². The third kappa shape index (κ3) is 2.72. The molecule has 0 bridgehead atoms. The number of benzene rings is 1. The largest absolute Gasteiger partial charge is 0.476 e. The van der Waals surface area contributed by atoms with Crippen molar-refractivity contribution in [3.63, 3.8) is 0 Å². The summed E-state index contributed by atoms with van der Waals surface area (Å²) in [5.41, 5.74) is -0.394. The summed E-state index contributed by atoms with van der Waals surface area (Å²) in [6.45, 7) is 2.79. The Morgan fingerprint density at radius 2 is 2.05 bits per heavy atom. The molecule has 0 aliphatic rings. The van der Waals surface area contributed by atoms with Crippen LogP contribution < -0.4 is 4.72 Å². The quantitative estimate of drug-likeness (QED) is 0.794. The van der Waals surface area contributed by atoms with Crippen LogP contribution in [-0.4, -0.2) is 29.7 Å². The Labute approximate surface area is 119 Å². The van der Waals surface area contributed by atoms with Gasteiger partial charge in [0.25, 0.3) is 10.0 Å². The highest BCUT2D eigenvalue weighted by Crippen LogP contribution is 2.24. The Hall–Kier alpha value is -2.42. The van der Waals surface area contributed by atoms with Crippen molar-refractivity contribution < 1.29 is 22.7 Å². The van der Waals surface area contributed by atoms with E-state index in [2.05, 4.69) is 14.9 Å². The van der Waals surface area contributed by atoms with E-state index in [1.54, 1.807) is 0 Å². The van der Waals surface area contributed by atoms with E-state index in [9.17, 15) is 17.6 Å². The average molecular weight is 313 g/mol. The molecule has 0 aliphatic carbocycles. The molecule has 2 aromatic rings. The molecule has 9 heteroatoms. The maximum absolute atomic E-state index is 13.4. The maximum atomic E-state index is 13.4. The number of nitrogens with zero attached hydrogens (tertiary/aromatic N) is 1. The zero-order valence-electron chi connectivity index (χ0n) is 11.1. The Balaban J connectivity index is 2.51. The first-order valence-corrected chi connectivity index (χ1v) is 7.28. The fourth-order valence-electron chi connectivity index (χ4n) is 1.81. The van der Waals surface area contributed by atoms with Gasteiger partial charge in [0.15, 0.2) is 5.69 Å². The molecule has 0 atom stereocenters. The number of carboxylic acids is 1. The van der Waals surface area contributed by atoms with E-state index in [1.165, 1.54) is 32.0 Å². The van der Waals surface area contributed by atoms with Crippen molar-refractivity contribution in [2.75, 3.05) is 4.72 Å². The van der Waals surface area contributed by atoms with Crippen LogP contribution in [-0.2, 0) is 10.0 Å². The van der Waals surface area contributed by atoms with Crippen LogP contribution in [0, 0.1) is 19.7 Å². The van der Waals surface area contributed by atoms with Crippen molar-refractivity contribution >= 4 is 21.7 Å². The van der Waals surface area contributed by atoms with Gasteiger partial charge in [-0.2, -0.15) is 5.10 Å². The smallest absolute Gasteiger partial charge is 0.357 e. The highest BCUT2D eigenvalue weighted by molar-refractivity contribution is 7.92. The van der Waals surface area contributed by atoms with Gasteiger partial charge in [-0.05, 0) is 26.0 Å². The molecule has 0 saturated carbocycles. The number of hydrogen-bond donors (Lipinski definition) is 3. The second-order valence-corrected chi connectivity index (χ2v) is 5.97. The summed E-state index contributed by atoms with van der Waals surface area (Å²) in [5.74, 6) is -2.05. The number of carbonyl (C=O) groups is 1. The average Bonchev–Trinajstić information content (AvgIpc) is 2.78. The van der Waals surface area contributed by atoms with Gasteiger partial charge >= 0.3 is 5.97 Å². The molecule has 112 valence electrons. The second-order valence-electron chi connectivity index (χ2n) is 4.35. The van der Waals surface area contributed by atoms with Crippen LogP contribution in [0.4, 0.5) is 10.1 Å². The van der Waals surface area contributed by atoms with Crippen molar-refractivity contribution in [2.45, 2.75) is 18.7 Å². The topological polar surface area (TPSA) is 112 Å². The molecule has 1 aromatic heterocycles. The van der Waals surface area contributed by atoms with E-state index in [1.807, 2.05) is 0 Å². The molecular formula is C12H12FN3O4S. The number of nitrogens with one attached hydrogen (secondary N) is 2. The molecule has 21 heavy (non-hydrogen) atoms. The van der Waals surface area contributed by atoms with Crippen molar-refractivity contribution in [3.8, 4) is 0 Å². The summed E-state index contributed by atoms with van der Waals surface area (Å²) in [6.07, 6.45) is 0. The molecule has 0 saturated heterocycles. The minimum absolute atomic E-state index is 0.0342. The number of aromatic amines is 1. The van der Waals surface area contributed by atoms with Crippen LogP contribution in [0.15, 0.2) is 23.1 Å². The third-order valence-electron chi connectivity index (χ3n) is 2.87. The lowest BCUT2D eigenvalue weighted by Crippen LogP contribution is -2.17. The van der Waals surface area contributed by atoms with E-state index < -0.39 is 32.4 Å². The van der Waals surface area contributed by atoms with E-state index in [-0.39, 0.29) is 16.9 Å². The monoisotopic (exact) mass is 313 g/mol. The zero-order valence-corrected chi connectivity index (χ0v) is 12.0. The maximum Gasteiger partial charge on any atom is 0.357 e. The van der Waals surface area contributed by atoms with Gasteiger partial charge in [-0.15, -0.1) is 0 Å². The van der Waals surface area contributed by atoms with Gasteiger partial charge in [0.05, 0.1) is 11.4 Å². The number of halogens is 1. The summed E-state index contributed by atoms with van der Waals surface area (Å²) in [7, 11) is -4.21. The minimum atomic E-state index is -4.21. The van der Waals surface area contributed by atoms with E-state index in [0.29, 0.717) is 0 Å². The van der Waals surface area contributed by atoms with Gasteiger partial charge in [0.1, 0.15) is 10.7 Å². The van der Waals surface area contributed by atoms with E-state index >= 15 is 0 Å². The number of hydrogen-bond acceptors (Lipinski definition) is 4. The van der Waals surface area contributed by atoms with Crippen molar-refractivity contribution in [1.82, 2.24) is 10.2 Å². The number of aromatic carboxylic acids is 1. The molecule has 7 nitrogen and oxygen atoms in total. The molecule has 0 radical (unpaired) electrons. The van der Waals surface area contributed by atoms with Gasteiger partial charge in [0.2, 0.25) is 0 Å². The predicted molar refractivity (Wildman–Crippen MR) is 72.2 cm³/mol.